The summed E-state index contributed by atoms with van der Waals surface area (Å²) in [5.74, 6) is -0.579. The number of nitrogens with two attached hydrogens (primary N) is 1. The molecule has 0 saturated carbocycles. The zero-order valence-corrected chi connectivity index (χ0v) is 18.0. The fourth-order valence-corrected chi connectivity index (χ4v) is 3.90. The number of fused-ring (bicyclic) bond motifs is 1. The van der Waals surface area contributed by atoms with Crippen molar-refractivity contribution in [3.63, 3.8) is 0 Å². The summed E-state index contributed by atoms with van der Waals surface area (Å²) in [6.07, 6.45) is 1.96. The van der Waals surface area contributed by atoms with Gasteiger partial charge in [0.15, 0.2) is 12.5 Å². The molecule has 0 radical (unpaired) electrons. The number of benzene rings is 1. The number of rotatable bonds is 4. The topological polar surface area (TPSA) is 161 Å². The molecule has 1 fully saturated rings. The third kappa shape index (κ3) is 4.07. The van der Waals surface area contributed by atoms with E-state index in [1.54, 1.807) is 22.9 Å². The van der Waals surface area contributed by atoms with Crippen molar-refractivity contribution < 1.29 is 29.6 Å². The summed E-state index contributed by atoms with van der Waals surface area (Å²) in [6, 6.07) is 7.13. The lowest BCUT2D eigenvalue weighted by Crippen LogP contribution is -2.43. The molecule has 1 saturated heterocycles. The van der Waals surface area contributed by atoms with Crippen LogP contribution in [0.5, 0.6) is 0 Å². The van der Waals surface area contributed by atoms with Crippen LogP contribution in [0.4, 0.5) is 5.82 Å². The Morgan fingerprint density at radius 3 is 2.56 bits per heavy atom. The molecule has 10 heteroatoms. The Balaban J connectivity index is 0.000000668. The summed E-state index contributed by atoms with van der Waals surface area (Å²) in [7, 11) is 0. The number of aliphatic hydroxyl groups is 2. The maximum absolute atomic E-state index is 11.5. The van der Waals surface area contributed by atoms with Gasteiger partial charge in [-0.3, -0.25) is 9.59 Å². The van der Waals surface area contributed by atoms with Crippen molar-refractivity contribution in [1.29, 1.82) is 0 Å². The van der Waals surface area contributed by atoms with E-state index >= 15 is 0 Å². The summed E-state index contributed by atoms with van der Waals surface area (Å²) < 4.78 is 7.63. The van der Waals surface area contributed by atoms with Crippen LogP contribution < -0.4 is 5.73 Å². The average molecular weight is 442 g/mol. The molecule has 0 aliphatic carbocycles. The molecule has 2 aromatic heterocycles. The largest absolute Gasteiger partial charge is 0.481 e. The predicted octanol–water partition coefficient (Wildman–Crippen LogP) is 2.00. The van der Waals surface area contributed by atoms with Gasteiger partial charge in [-0.15, -0.1) is 0 Å². The molecule has 4 atom stereocenters. The van der Waals surface area contributed by atoms with Crippen LogP contribution >= 0.6 is 0 Å². The number of carbonyl (C=O) groups is 2. The van der Waals surface area contributed by atoms with E-state index in [1.807, 2.05) is 19.1 Å². The van der Waals surface area contributed by atoms with E-state index in [0.29, 0.717) is 34.1 Å². The number of hydrogen-bond acceptors (Lipinski definition) is 8. The lowest BCUT2D eigenvalue weighted by Gasteiger charge is -2.27. The molecule has 5 N–H and O–H groups in total. The van der Waals surface area contributed by atoms with Crippen LogP contribution in [-0.4, -0.2) is 59.9 Å². The Bertz CT molecular complexity index is 1140. The summed E-state index contributed by atoms with van der Waals surface area (Å²) in [4.78, 5) is 29.0. The molecule has 0 bridgehead atoms. The zero-order valence-electron chi connectivity index (χ0n) is 18.0. The van der Waals surface area contributed by atoms with E-state index in [2.05, 4.69) is 9.97 Å². The molecule has 1 aliphatic rings. The van der Waals surface area contributed by atoms with E-state index < -0.39 is 30.0 Å². The van der Waals surface area contributed by atoms with Gasteiger partial charge in [-0.05, 0) is 18.9 Å². The SMILES string of the molecule is CC(=O)O.CC[C@H]1OC(n2cc(-c3ccccc3C=O)c3c(N)ncnc32)[C@](C)(O)[C@@H]1O. The monoisotopic (exact) mass is 442 g/mol. The maximum Gasteiger partial charge on any atom is 0.300 e. The Morgan fingerprint density at radius 2 is 1.97 bits per heavy atom. The van der Waals surface area contributed by atoms with E-state index in [9.17, 15) is 15.0 Å². The molecule has 1 aliphatic heterocycles. The summed E-state index contributed by atoms with van der Waals surface area (Å²) in [5.41, 5.74) is 6.89. The first-order valence-electron chi connectivity index (χ1n) is 10.0. The van der Waals surface area contributed by atoms with Crippen LogP contribution in [-0.2, 0) is 9.53 Å². The quantitative estimate of drug-likeness (QED) is 0.443. The molecule has 3 heterocycles. The number of ether oxygens (including phenoxy) is 1. The number of carbonyl (C=O) groups excluding carboxylic acids is 1. The fraction of sp³-hybridized carbons (Fsp3) is 0.364. The fourth-order valence-electron chi connectivity index (χ4n) is 3.90. The number of aldehydes is 1. The summed E-state index contributed by atoms with van der Waals surface area (Å²) >= 11 is 0. The highest BCUT2D eigenvalue weighted by Crippen LogP contribution is 2.43. The molecule has 32 heavy (non-hydrogen) atoms. The Morgan fingerprint density at radius 1 is 1.31 bits per heavy atom. The van der Waals surface area contributed by atoms with Crippen molar-refractivity contribution in [3.8, 4) is 11.1 Å². The molecule has 10 nitrogen and oxygen atoms in total. The Kier molecular flexibility index (Phi) is 6.58. The second kappa shape index (κ2) is 9.03. The molecule has 170 valence electrons. The van der Waals surface area contributed by atoms with Crippen LogP contribution in [0.2, 0.25) is 0 Å². The summed E-state index contributed by atoms with van der Waals surface area (Å²) in [5, 5.41) is 29.4. The van der Waals surface area contributed by atoms with Crippen LogP contribution in [0.1, 0.15) is 43.8 Å². The minimum atomic E-state index is -1.53. The number of nitrogens with zero attached hydrogens (tertiary/aromatic N) is 3. The van der Waals surface area contributed by atoms with Gasteiger partial charge in [0.1, 0.15) is 29.5 Å². The van der Waals surface area contributed by atoms with Gasteiger partial charge in [0.05, 0.1) is 11.5 Å². The van der Waals surface area contributed by atoms with Gasteiger partial charge in [-0.2, -0.15) is 0 Å². The van der Waals surface area contributed by atoms with Gasteiger partial charge >= 0.3 is 0 Å². The number of nitrogen functional groups attached to an aromatic ring is 1. The van der Waals surface area contributed by atoms with Crippen molar-refractivity contribution in [1.82, 2.24) is 14.5 Å². The molecule has 0 amide bonds. The molecule has 4 rings (SSSR count). The normalized spacial score (nSPS) is 24.7. The molecular formula is C22H26N4O6. The second-order valence-corrected chi connectivity index (χ2v) is 7.74. The first-order valence-corrected chi connectivity index (χ1v) is 10.0. The first kappa shape index (κ1) is 23.3. The van der Waals surface area contributed by atoms with Crippen molar-refractivity contribution in [3.05, 3.63) is 42.4 Å². The van der Waals surface area contributed by atoms with Crippen molar-refractivity contribution in [2.75, 3.05) is 5.73 Å². The van der Waals surface area contributed by atoms with E-state index in [4.69, 9.17) is 20.4 Å². The lowest BCUT2D eigenvalue weighted by molar-refractivity contribution is -0.134. The number of carboxylic acid groups (broad SMARTS) is 1. The van der Waals surface area contributed by atoms with E-state index in [-0.39, 0.29) is 5.82 Å². The number of carboxylic acids is 1. The molecule has 1 aromatic carbocycles. The van der Waals surface area contributed by atoms with E-state index in [0.717, 1.165) is 13.2 Å². The van der Waals surface area contributed by atoms with Crippen LogP contribution in [0.15, 0.2) is 36.8 Å². The highest BCUT2D eigenvalue weighted by Gasteiger charge is 2.52. The standard InChI is InChI=1S/C20H22N4O4.C2H4O2/c1-3-14-16(26)20(2,27)19(28-14)24-8-13(12-7-5-4-6-11(12)9-25)15-17(21)22-10-23-18(15)24;1-2(3)4/h4-10,14,16,19,26-27H,3H2,1-2H3,(H2,21,22,23);1H3,(H,3,4)/t14-,16-,19?,20-;/m1./s1. The lowest BCUT2D eigenvalue weighted by atomic mass is 9.95. The molecule has 3 aromatic rings. The smallest absolute Gasteiger partial charge is 0.300 e. The van der Waals surface area contributed by atoms with Crippen molar-refractivity contribution in [2.24, 2.45) is 0 Å². The minimum Gasteiger partial charge on any atom is -0.481 e. The summed E-state index contributed by atoms with van der Waals surface area (Å²) in [6.45, 7) is 4.50. The predicted molar refractivity (Wildman–Crippen MR) is 117 cm³/mol. The van der Waals surface area contributed by atoms with Gasteiger partial charge in [0.25, 0.3) is 5.97 Å². The number of aliphatic hydroxyl groups excluding tert-OH is 1. The van der Waals surface area contributed by atoms with Gasteiger partial charge in [0.2, 0.25) is 0 Å². The third-order valence-corrected chi connectivity index (χ3v) is 5.43. The van der Waals surface area contributed by atoms with E-state index in [1.165, 1.54) is 13.3 Å². The van der Waals surface area contributed by atoms with Crippen molar-refractivity contribution >= 4 is 29.1 Å². The van der Waals surface area contributed by atoms with Crippen LogP contribution in [0.3, 0.4) is 0 Å². The molecule has 1 unspecified atom stereocenters. The van der Waals surface area contributed by atoms with Gasteiger partial charge in [-0.1, -0.05) is 31.2 Å². The first-order chi connectivity index (χ1) is 15.1. The highest BCUT2D eigenvalue weighted by molar-refractivity contribution is 6.03. The minimum absolute atomic E-state index is 0.254. The number of aromatic nitrogens is 3. The van der Waals surface area contributed by atoms with Gasteiger partial charge in [-0.25, -0.2) is 9.97 Å². The van der Waals surface area contributed by atoms with Gasteiger partial charge < -0.3 is 30.4 Å². The zero-order chi connectivity index (χ0) is 23.6. The number of aliphatic carboxylic acids is 1. The van der Waals surface area contributed by atoms with Gasteiger partial charge in [0, 0.05) is 24.2 Å². The van der Waals surface area contributed by atoms with Crippen molar-refractivity contribution in [2.45, 2.75) is 51.2 Å². The average Bonchev–Trinajstić information content (AvgIpc) is 3.23. The molecular weight excluding hydrogens is 416 g/mol. The van der Waals surface area contributed by atoms with Crippen LogP contribution in [0.25, 0.3) is 22.2 Å². The maximum atomic E-state index is 11.5. The molecule has 0 spiro atoms. The number of hydrogen-bond donors (Lipinski definition) is 4. The number of anilines is 1. The Hall–Kier alpha value is -3.34. The Labute approximate surface area is 184 Å². The second-order valence-electron chi connectivity index (χ2n) is 7.74. The van der Waals surface area contributed by atoms with Crippen LogP contribution in [0, 0.1) is 0 Å². The third-order valence-electron chi connectivity index (χ3n) is 5.43. The highest BCUT2D eigenvalue weighted by atomic mass is 16.6.